The summed E-state index contributed by atoms with van der Waals surface area (Å²) >= 11 is 0. The lowest BCUT2D eigenvalue weighted by Gasteiger charge is -2.02. The van der Waals surface area contributed by atoms with Crippen molar-refractivity contribution in [3.8, 4) is 22.5 Å². The molecule has 0 atom stereocenters. The highest BCUT2D eigenvalue weighted by Gasteiger charge is 2.13. The molecule has 0 aliphatic rings. The van der Waals surface area contributed by atoms with E-state index in [9.17, 15) is 8.78 Å². The second-order valence-electron chi connectivity index (χ2n) is 4.60. The first-order chi connectivity index (χ1) is 9.65. The molecule has 0 unspecified atom stereocenters. The number of nitrogens with one attached hydrogen (secondary N) is 1. The van der Waals surface area contributed by atoms with Gasteiger partial charge in [-0.25, -0.2) is 8.78 Å². The van der Waals surface area contributed by atoms with E-state index in [1.165, 1.54) is 12.1 Å². The van der Waals surface area contributed by atoms with Crippen LogP contribution in [0.25, 0.3) is 22.5 Å². The lowest BCUT2D eigenvalue weighted by atomic mass is 10.0. The Labute approximate surface area is 115 Å². The van der Waals surface area contributed by atoms with Gasteiger partial charge in [0, 0.05) is 17.2 Å². The Balaban J connectivity index is 2.11. The third-order valence-corrected chi connectivity index (χ3v) is 3.21. The van der Waals surface area contributed by atoms with Crippen LogP contribution in [0.15, 0.2) is 48.5 Å². The molecule has 4 heteroatoms. The highest BCUT2D eigenvalue weighted by molar-refractivity contribution is 5.73. The van der Waals surface area contributed by atoms with Crippen molar-refractivity contribution >= 4 is 0 Å². The maximum Gasteiger partial charge on any atom is 0.126 e. The molecule has 1 aromatic heterocycles. The third kappa shape index (κ3) is 2.20. The van der Waals surface area contributed by atoms with Gasteiger partial charge in [0.25, 0.3) is 0 Å². The zero-order valence-electron chi connectivity index (χ0n) is 10.8. The molecule has 0 fully saturated rings. The average Bonchev–Trinajstić information content (AvgIpc) is 2.80. The van der Waals surface area contributed by atoms with Crippen LogP contribution in [0.5, 0.6) is 0 Å². The monoisotopic (exact) mass is 270 g/mol. The van der Waals surface area contributed by atoms with E-state index in [-0.39, 0.29) is 0 Å². The van der Waals surface area contributed by atoms with Gasteiger partial charge in [-0.15, -0.1) is 0 Å². The van der Waals surface area contributed by atoms with Gasteiger partial charge in [0.15, 0.2) is 0 Å². The summed E-state index contributed by atoms with van der Waals surface area (Å²) in [6, 6.07) is 13.1. The molecule has 0 aliphatic carbocycles. The molecule has 2 aromatic carbocycles. The summed E-state index contributed by atoms with van der Waals surface area (Å²) in [5.41, 5.74) is 3.69. The van der Waals surface area contributed by atoms with Gasteiger partial charge in [-0.2, -0.15) is 5.10 Å². The fourth-order valence-corrected chi connectivity index (χ4v) is 2.26. The van der Waals surface area contributed by atoms with Crippen molar-refractivity contribution in [2.24, 2.45) is 0 Å². The number of nitrogens with zero attached hydrogens (tertiary/aromatic N) is 1. The molecule has 0 saturated heterocycles. The Kier molecular flexibility index (Phi) is 3.06. The van der Waals surface area contributed by atoms with Crippen LogP contribution in [0.2, 0.25) is 0 Å². The largest absolute Gasteiger partial charge is 0.277 e. The summed E-state index contributed by atoms with van der Waals surface area (Å²) in [7, 11) is 0. The lowest BCUT2D eigenvalue weighted by Crippen LogP contribution is -1.86. The average molecular weight is 270 g/mol. The topological polar surface area (TPSA) is 28.7 Å². The summed E-state index contributed by atoms with van der Waals surface area (Å²) in [6.45, 7) is 1.88. The van der Waals surface area contributed by atoms with Crippen LogP contribution >= 0.6 is 0 Å². The molecule has 1 N–H and O–H groups in total. The van der Waals surface area contributed by atoms with Gasteiger partial charge >= 0.3 is 0 Å². The zero-order chi connectivity index (χ0) is 14.1. The molecule has 0 aliphatic heterocycles. The quantitative estimate of drug-likeness (QED) is 0.737. The normalized spacial score (nSPS) is 10.8. The molecule has 100 valence electrons. The van der Waals surface area contributed by atoms with E-state index in [0.29, 0.717) is 11.3 Å². The van der Waals surface area contributed by atoms with Gasteiger partial charge < -0.3 is 0 Å². The molecule has 1 heterocycles. The Morgan fingerprint density at radius 2 is 1.55 bits per heavy atom. The molecule has 0 saturated carbocycles. The Bertz CT molecular complexity index is 728. The molecule has 3 rings (SSSR count). The highest BCUT2D eigenvalue weighted by atomic mass is 19.1. The Morgan fingerprint density at radius 1 is 0.900 bits per heavy atom. The van der Waals surface area contributed by atoms with E-state index in [2.05, 4.69) is 10.2 Å². The van der Waals surface area contributed by atoms with Crippen molar-refractivity contribution in [2.75, 3.05) is 0 Å². The van der Waals surface area contributed by atoms with Crippen molar-refractivity contribution in [3.05, 3.63) is 65.7 Å². The van der Waals surface area contributed by atoms with Crippen LogP contribution in [0.3, 0.4) is 0 Å². The summed E-state index contributed by atoms with van der Waals surface area (Å²) in [5.74, 6) is -1.22. The van der Waals surface area contributed by atoms with Gasteiger partial charge in [-0.1, -0.05) is 30.3 Å². The summed E-state index contributed by atoms with van der Waals surface area (Å²) < 4.78 is 26.6. The van der Waals surface area contributed by atoms with Gasteiger partial charge in [-0.05, 0) is 24.6 Å². The molecule has 0 amide bonds. The summed E-state index contributed by atoms with van der Waals surface area (Å²) in [5, 5.41) is 7.12. The fourth-order valence-electron chi connectivity index (χ4n) is 2.26. The highest BCUT2D eigenvalue weighted by Crippen LogP contribution is 2.29. The summed E-state index contributed by atoms with van der Waals surface area (Å²) in [6.07, 6.45) is 0. The number of hydrogen-bond acceptors (Lipinski definition) is 1. The number of rotatable bonds is 2. The van der Waals surface area contributed by atoms with Crippen molar-refractivity contribution < 1.29 is 8.78 Å². The minimum Gasteiger partial charge on any atom is -0.277 e. The van der Waals surface area contributed by atoms with Crippen molar-refractivity contribution in [3.63, 3.8) is 0 Å². The molecule has 2 nitrogen and oxygen atoms in total. The smallest absolute Gasteiger partial charge is 0.126 e. The van der Waals surface area contributed by atoms with Crippen LogP contribution in [0.4, 0.5) is 8.78 Å². The van der Waals surface area contributed by atoms with E-state index in [0.717, 1.165) is 22.9 Å². The van der Waals surface area contributed by atoms with E-state index < -0.39 is 11.6 Å². The molecule has 0 spiro atoms. The van der Waals surface area contributed by atoms with Gasteiger partial charge in [0.05, 0.1) is 11.4 Å². The van der Waals surface area contributed by atoms with E-state index in [4.69, 9.17) is 0 Å². The number of hydrogen-bond donors (Lipinski definition) is 1. The molecular formula is C16H12F2N2. The van der Waals surface area contributed by atoms with Crippen molar-refractivity contribution in [1.82, 2.24) is 10.2 Å². The van der Waals surface area contributed by atoms with E-state index in [1.807, 2.05) is 37.3 Å². The van der Waals surface area contributed by atoms with Gasteiger partial charge in [0.2, 0.25) is 0 Å². The van der Waals surface area contributed by atoms with Crippen LogP contribution in [0, 0.1) is 18.6 Å². The Hall–Kier alpha value is -2.49. The zero-order valence-corrected chi connectivity index (χ0v) is 10.8. The van der Waals surface area contributed by atoms with Crippen molar-refractivity contribution in [2.45, 2.75) is 6.92 Å². The van der Waals surface area contributed by atoms with E-state index >= 15 is 0 Å². The second kappa shape index (κ2) is 4.89. The number of aromatic nitrogens is 2. The third-order valence-electron chi connectivity index (χ3n) is 3.21. The van der Waals surface area contributed by atoms with Crippen LogP contribution in [-0.2, 0) is 0 Å². The molecule has 0 bridgehead atoms. The lowest BCUT2D eigenvalue weighted by molar-refractivity contribution is 0.584. The molecular weight excluding hydrogens is 258 g/mol. The second-order valence-corrected chi connectivity index (χ2v) is 4.60. The van der Waals surface area contributed by atoms with Crippen LogP contribution < -0.4 is 0 Å². The SMILES string of the molecule is Cc1c(-c2cc(F)cc(F)c2)n[nH]c1-c1ccccc1. The molecule has 0 radical (unpaired) electrons. The standard InChI is InChI=1S/C16H12F2N2/c1-10-15(11-5-3-2-4-6-11)19-20-16(10)12-7-13(17)9-14(18)8-12/h2-9H,1H3,(H,19,20). The Morgan fingerprint density at radius 3 is 2.20 bits per heavy atom. The molecule has 20 heavy (non-hydrogen) atoms. The van der Waals surface area contributed by atoms with Crippen molar-refractivity contribution in [1.29, 1.82) is 0 Å². The minimum absolute atomic E-state index is 0.429. The molecule has 3 aromatic rings. The maximum atomic E-state index is 13.3. The first-order valence-corrected chi connectivity index (χ1v) is 6.22. The summed E-state index contributed by atoms with van der Waals surface area (Å²) in [4.78, 5) is 0. The first-order valence-electron chi connectivity index (χ1n) is 6.22. The van der Waals surface area contributed by atoms with Gasteiger partial charge in [-0.3, -0.25) is 5.10 Å². The number of benzene rings is 2. The van der Waals surface area contributed by atoms with Crippen LogP contribution in [-0.4, -0.2) is 10.2 Å². The first kappa shape index (κ1) is 12.5. The number of halogens is 2. The maximum absolute atomic E-state index is 13.3. The predicted molar refractivity (Wildman–Crippen MR) is 74.1 cm³/mol. The van der Waals surface area contributed by atoms with Gasteiger partial charge in [0.1, 0.15) is 11.6 Å². The minimum atomic E-state index is -0.608. The number of aromatic amines is 1. The van der Waals surface area contributed by atoms with Crippen LogP contribution in [0.1, 0.15) is 5.56 Å². The van der Waals surface area contributed by atoms with E-state index in [1.54, 1.807) is 0 Å². The number of H-pyrrole nitrogens is 1. The fraction of sp³-hybridized carbons (Fsp3) is 0.0625. The predicted octanol–water partition coefficient (Wildman–Crippen LogP) is 4.33.